The van der Waals surface area contributed by atoms with Crippen molar-refractivity contribution in [2.75, 3.05) is 17.2 Å². The quantitative estimate of drug-likeness (QED) is 0.716. The van der Waals surface area contributed by atoms with Gasteiger partial charge in [0.1, 0.15) is 0 Å². The summed E-state index contributed by atoms with van der Waals surface area (Å²) >= 11 is 2.07. The van der Waals surface area contributed by atoms with E-state index >= 15 is 0 Å². The van der Waals surface area contributed by atoms with Crippen molar-refractivity contribution < 1.29 is 0 Å². The summed E-state index contributed by atoms with van der Waals surface area (Å²) in [4.78, 5) is 0. The van der Waals surface area contributed by atoms with Gasteiger partial charge in [0.25, 0.3) is 0 Å². The molecule has 1 saturated heterocycles. The minimum atomic E-state index is 0.388. The van der Waals surface area contributed by atoms with Crippen LogP contribution in [-0.4, -0.2) is 11.5 Å². The minimum absolute atomic E-state index is 0.388. The maximum Gasteiger partial charge on any atom is 0.0314 e. The second-order valence-electron chi connectivity index (χ2n) is 4.30. The molecule has 14 heavy (non-hydrogen) atoms. The molecule has 0 unspecified atom stereocenters. The average Bonchev–Trinajstić information content (AvgIpc) is 2.19. The lowest BCUT2D eigenvalue weighted by Gasteiger charge is -2.33. The van der Waals surface area contributed by atoms with Crippen molar-refractivity contribution in [1.29, 1.82) is 0 Å². The molecule has 1 aliphatic heterocycles. The van der Waals surface area contributed by atoms with E-state index in [9.17, 15) is 0 Å². The Morgan fingerprint density at radius 2 is 1.71 bits per heavy atom. The van der Waals surface area contributed by atoms with Gasteiger partial charge in [0.05, 0.1) is 0 Å². The Bertz CT molecular complexity index is 299. The predicted molar refractivity (Wildman–Crippen MR) is 64.8 cm³/mol. The molecular formula is C12H17NS. The highest BCUT2D eigenvalue weighted by atomic mass is 32.2. The Balaban J connectivity index is 2.23. The molecule has 0 spiro atoms. The Morgan fingerprint density at radius 1 is 1.14 bits per heavy atom. The molecular weight excluding hydrogens is 190 g/mol. The van der Waals surface area contributed by atoms with Crippen molar-refractivity contribution in [3.63, 3.8) is 0 Å². The fraction of sp³-hybridized carbons (Fsp3) is 0.500. The molecule has 0 aromatic heterocycles. The van der Waals surface area contributed by atoms with E-state index < -0.39 is 0 Å². The summed E-state index contributed by atoms with van der Waals surface area (Å²) in [5, 5.41) is 0. The van der Waals surface area contributed by atoms with Crippen LogP contribution >= 0.6 is 11.8 Å². The Labute approximate surface area is 90.1 Å². The molecule has 2 N–H and O–H groups in total. The van der Waals surface area contributed by atoms with Gasteiger partial charge in [0, 0.05) is 5.69 Å². The highest BCUT2D eigenvalue weighted by molar-refractivity contribution is 7.99. The molecule has 2 heteroatoms. The lowest BCUT2D eigenvalue weighted by atomic mass is 9.77. The summed E-state index contributed by atoms with van der Waals surface area (Å²) in [5.74, 6) is 2.59. The number of rotatable bonds is 1. The molecule has 0 saturated carbocycles. The molecule has 0 aliphatic carbocycles. The number of hydrogen-bond acceptors (Lipinski definition) is 2. The van der Waals surface area contributed by atoms with E-state index in [-0.39, 0.29) is 0 Å². The average molecular weight is 207 g/mol. The standard InChI is InChI=1S/C12H17NS/c1-12(6-8-14-9-7-12)10-2-4-11(13)5-3-10/h2-5H,6-9,13H2,1H3. The lowest BCUT2D eigenvalue weighted by molar-refractivity contribution is 0.437. The molecule has 1 aromatic rings. The van der Waals surface area contributed by atoms with Crippen LogP contribution in [0.3, 0.4) is 0 Å². The predicted octanol–water partition coefficient (Wildman–Crippen LogP) is 3.05. The van der Waals surface area contributed by atoms with Gasteiger partial charge in [0.2, 0.25) is 0 Å². The molecule has 0 radical (unpaired) electrons. The third-order valence-electron chi connectivity index (χ3n) is 3.20. The molecule has 0 amide bonds. The molecule has 1 nitrogen and oxygen atoms in total. The highest BCUT2D eigenvalue weighted by Crippen LogP contribution is 2.37. The van der Waals surface area contributed by atoms with Gasteiger partial charge in [-0.15, -0.1) is 0 Å². The number of hydrogen-bond donors (Lipinski definition) is 1. The summed E-state index contributed by atoms with van der Waals surface area (Å²) in [6, 6.07) is 8.40. The molecule has 0 atom stereocenters. The Morgan fingerprint density at radius 3 is 2.29 bits per heavy atom. The van der Waals surface area contributed by atoms with Crippen molar-refractivity contribution in [2.24, 2.45) is 0 Å². The molecule has 1 heterocycles. The molecule has 1 fully saturated rings. The molecule has 0 bridgehead atoms. The third kappa shape index (κ3) is 1.90. The van der Waals surface area contributed by atoms with Crippen LogP contribution in [0.1, 0.15) is 25.3 Å². The number of thioether (sulfide) groups is 1. The number of nitrogens with two attached hydrogens (primary N) is 1. The van der Waals surface area contributed by atoms with E-state index in [0.29, 0.717) is 5.41 Å². The van der Waals surface area contributed by atoms with Gasteiger partial charge < -0.3 is 5.73 Å². The first-order valence-electron chi connectivity index (χ1n) is 5.14. The normalized spacial score (nSPS) is 20.6. The lowest BCUT2D eigenvalue weighted by Crippen LogP contribution is -2.27. The number of benzene rings is 1. The smallest absolute Gasteiger partial charge is 0.0314 e. The largest absolute Gasteiger partial charge is 0.399 e. The van der Waals surface area contributed by atoms with Gasteiger partial charge in [0.15, 0.2) is 0 Å². The SMILES string of the molecule is CC1(c2ccc(N)cc2)CCSCC1. The summed E-state index contributed by atoms with van der Waals surface area (Å²) in [5.41, 5.74) is 8.40. The highest BCUT2D eigenvalue weighted by Gasteiger charge is 2.28. The third-order valence-corrected chi connectivity index (χ3v) is 4.19. The number of nitrogen functional groups attached to an aromatic ring is 1. The first kappa shape index (κ1) is 9.91. The van der Waals surface area contributed by atoms with Crippen molar-refractivity contribution in [1.82, 2.24) is 0 Å². The van der Waals surface area contributed by atoms with E-state index in [0.717, 1.165) is 5.69 Å². The zero-order chi connectivity index (χ0) is 10.0. The van der Waals surface area contributed by atoms with Crippen LogP contribution in [0, 0.1) is 0 Å². The van der Waals surface area contributed by atoms with Crippen molar-refractivity contribution in [2.45, 2.75) is 25.2 Å². The maximum atomic E-state index is 5.70. The maximum absolute atomic E-state index is 5.70. The van der Waals surface area contributed by atoms with Crippen molar-refractivity contribution >= 4 is 17.4 Å². The second kappa shape index (κ2) is 3.85. The van der Waals surface area contributed by atoms with Gasteiger partial charge in [-0.2, -0.15) is 11.8 Å². The van der Waals surface area contributed by atoms with E-state index in [1.165, 1.54) is 29.9 Å². The molecule has 2 rings (SSSR count). The van der Waals surface area contributed by atoms with Crippen LogP contribution in [0.2, 0.25) is 0 Å². The van der Waals surface area contributed by atoms with Crippen LogP contribution in [0.5, 0.6) is 0 Å². The van der Waals surface area contributed by atoms with E-state index in [4.69, 9.17) is 5.73 Å². The van der Waals surface area contributed by atoms with E-state index in [1.807, 2.05) is 12.1 Å². The Hall–Kier alpha value is -0.630. The van der Waals surface area contributed by atoms with Crippen LogP contribution in [0.4, 0.5) is 5.69 Å². The van der Waals surface area contributed by atoms with Crippen LogP contribution in [0.25, 0.3) is 0 Å². The van der Waals surface area contributed by atoms with E-state index in [1.54, 1.807) is 0 Å². The minimum Gasteiger partial charge on any atom is -0.399 e. The first-order valence-corrected chi connectivity index (χ1v) is 6.30. The molecule has 1 aromatic carbocycles. The van der Waals surface area contributed by atoms with Crippen LogP contribution in [0.15, 0.2) is 24.3 Å². The fourth-order valence-corrected chi connectivity index (χ4v) is 3.39. The molecule has 1 aliphatic rings. The summed E-state index contributed by atoms with van der Waals surface area (Å²) < 4.78 is 0. The van der Waals surface area contributed by atoms with Gasteiger partial charge in [-0.1, -0.05) is 19.1 Å². The summed E-state index contributed by atoms with van der Waals surface area (Å²) in [6.45, 7) is 2.37. The van der Waals surface area contributed by atoms with Gasteiger partial charge in [-0.25, -0.2) is 0 Å². The van der Waals surface area contributed by atoms with Gasteiger partial charge in [-0.3, -0.25) is 0 Å². The second-order valence-corrected chi connectivity index (χ2v) is 5.52. The van der Waals surface area contributed by atoms with E-state index in [2.05, 4.69) is 30.8 Å². The zero-order valence-electron chi connectivity index (χ0n) is 8.62. The van der Waals surface area contributed by atoms with Crippen LogP contribution in [-0.2, 0) is 5.41 Å². The van der Waals surface area contributed by atoms with Gasteiger partial charge in [-0.05, 0) is 47.5 Å². The van der Waals surface area contributed by atoms with Crippen molar-refractivity contribution in [3.05, 3.63) is 29.8 Å². The monoisotopic (exact) mass is 207 g/mol. The fourth-order valence-electron chi connectivity index (χ4n) is 2.00. The zero-order valence-corrected chi connectivity index (χ0v) is 9.44. The summed E-state index contributed by atoms with van der Waals surface area (Å²) in [7, 11) is 0. The molecule has 76 valence electrons. The Kier molecular flexibility index (Phi) is 2.73. The van der Waals surface area contributed by atoms with Crippen LogP contribution < -0.4 is 5.73 Å². The topological polar surface area (TPSA) is 26.0 Å². The number of anilines is 1. The summed E-state index contributed by atoms with van der Waals surface area (Å²) in [6.07, 6.45) is 2.59. The van der Waals surface area contributed by atoms with Crippen molar-refractivity contribution in [3.8, 4) is 0 Å². The first-order chi connectivity index (χ1) is 6.71. The van der Waals surface area contributed by atoms with Gasteiger partial charge >= 0.3 is 0 Å².